The summed E-state index contributed by atoms with van der Waals surface area (Å²) >= 11 is 0. The minimum atomic E-state index is -0.463. The molecule has 0 spiro atoms. The Hall–Kier alpha value is -2.81. The van der Waals surface area contributed by atoms with E-state index >= 15 is 0 Å². The second-order valence-corrected chi connectivity index (χ2v) is 5.33. The molecule has 0 bridgehead atoms. The van der Waals surface area contributed by atoms with Gasteiger partial charge in [-0.05, 0) is 31.9 Å². The molecule has 0 saturated carbocycles. The molecule has 0 fully saturated rings. The molecule has 23 heavy (non-hydrogen) atoms. The van der Waals surface area contributed by atoms with Crippen LogP contribution in [-0.2, 0) is 9.59 Å². The van der Waals surface area contributed by atoms with Gasteiger partial charge < -0.3 is 16.0 Å². The molecule has 0 aromatic heterocycles. The molecule has 0 aliphatic carbocycles. The minimum absolute atomic E-state index is 0.0211. The number of amides is 2. The Balaban J connectivity index is 2.71. The van der Waals surface area contributed by atoms with Gasteiger partial charge in [0.1, 0.15) is 11.6 Å². The minimum Gasteiger partial charge on any atom is -0.388 e. The van der Waals surface area contributed by atoms with Crippen molar-refractivity contribution >= 4 is 17.5 Å². The fourth-order valence-electron chi connectivity index (χ4n) is 2.19. The first-order chi connectivity index (χ1) is 10.8. The molecule has 6 heteroatoms. The van der Waals surface area contributed by atoms with E-state index in [0.717, 1.165) is 22.4 Å². The maximum atomic E-state index is 12.2. The summed E-state index contributed by atoms with van der Waals surface area (Å²) in [4.78, 5) is 22.9. The number of nitriles is 1. The number of hydrogen-bond donors (Lipinski definition) is 3. The quantitative estimate of drug-likeness (QED) is 0.423. The number of benzene rings is 1. The van der Waals surface area contributed by atoms with Crippen LogP contribution in [0.15, 0.2) is 23.9 Å². The molecular weight excluding hydrogens is 292 g/mol. The Kier molecular flexibility index (Phi) is 6.81. The van der Waals surface area contributed by atoms with Gasteiger partial charge in [-0.1, -0.05) is 17.7 Å². The van der Waals surface area contributed by atoms with Crippen LogP contribution in [0.1, 0.15) is 23.6 Å². The lowest BCUT2D eigenvalue weighted by atomic mass is 10.0. The summed E-state index contributed by atoms with van der Waals surface area (Å²) in [5.41, 5.74) is 3.72. The van der Waals surface area contributed by atoms with Crippen LogP contribution in [0.4, 0.5) is 5.69 Å². The van der Waals surface area contributed by atoms with Gasteiger partial charge in [-0.2, -0.15) is 5.26 Å². The first kappa shape index (κ1) is 18.2. The number of aryl methyl sites for hydroxylation is 3. The van der Waals surface area contributed by atoms with Crippen LogP contribution < -0.4 is 16.0 Å². The van der Waals surface area contributed by atoms with Crippen LogP contribution in [-0.4, -0.2) is 24.9 Å². The van der Waals surface area contributed by atoms with Crippen molar-refractivity contribution in [2.45, 2.75) is 27.7 Å². The van der Waals surface area contributed by atoms with Gasteiger partial charge in [0.25, 0.3) is 5.91 Å². The Labute approximate surface area is 136 Å². The lowest BCUT2D eigenvalue weighted by molar-refractivity contribution is -0.119. The molecule has 0 saturated heterocycles. The Morgan fingerprint density at radius 2 is 1.78 bits per heavy atom. The third-order valence-electron chi connectivity index (χ3n) is 3.17. The van der Waals surface area contributed by atoms with Gasteiger partial charge in [-0.15, -0.1) is 0 Å². The third kappa shape index (κ3) is 5.83. The van der Waals surface area contributed by atoms with Crippen molar-refractivity contribution in [1.82, 2.24) is 10.6 Å². The number of anilines is 1. The lowest BCUT2D eigenvalue weighted by Gasteiger charge is -2.12. The second-order valence-electron chi connectivity index (χ2n) is 5.33. The van der Waals surface area contributed by atoms with Crippen molar-refractivity contribution in [1.29, 1.82) is 5.26 Å². The van der Waals surface area contributed by atoms with E-state index in [0.29, 0.717) is 13.1 Å². The molecule has 0 aliphatic rings. The summed E-state index contributed by atoms with van der Waals surface area (Å²) in [5, 5.41) is 17.3. The van der Waals surface area contributed by atoms with Gasteiger partial charge in [0.2, 0.25) is 5.91 Å². The van der Waals surface area contributed by atoms with Crippen molar-refractivity contribution in [2.24, 2.45) is 0 Å². The molecule has 3 N–H and O–H groups in total. The standard InChI is InChI=1S/C17H22N4O2/c1-11-7-12(2)16(13(3)8-11)21-17(23)15(9-18)10-19-5-6-20-14(4)22/h7-8,10,19H,5-6H2,1-4H3,(H,20,22)(H,21,23)/b15-10-. The van der Waals surface area contributed by atoms with E-state index in [4.69, 9.17) is 5.26 Å². The summed E-state index contributed by atoms with van der Waals surface area (Å²) in [5.74, 6) is -0.589. The van der Waals surface area contributed by atoms with Crippen LogP contribution in [0.5, 0.6) is 0 Å². The van der Waals surface area contributed by atoms with Gasteiger partial charge >= 0.3 is 0 Å². The molecule has 0 aliphatic heterocycles. The molecule has 1 rings (SSSR count). The highest BCUT2D eigenvalue weighted by Gasteiger charge is 2.12. The molecular formula is C17H22N4O2. The van der Waals surface area contributed by atoms with E-state index < -0.39 is 5.91 Å². The molecule has 2 amide bonds. The highest BCUT2D eigenvalue weighted by molar-refractivity contribution is 6.07. The molecule has 0 radical (unpaired) electrons. The van der Waals surface area contributed by atoms with Crippen molar-refractivity contribution in [2.75, 3.05) is 18.4 Å². The lowest BCUT2D eigenvalue weighted by Crippen LogP contribution is -2.28. The summed E-state index contributed by atoms with van der Waals surface area (Å²) in [6.07, 6.45) is 1.36. The monoisotopic (exact) mass is 314 g/mol. The molecule has 0 unspecified atom stereocenters. The fourth-order valence-corrected chi connectivity index (χ4v) is 2.19. The summed E-state index contributed by atoms with van der Waals surface area (Å²) in [7, 11) is 0. The van der Waals surface area contributed by atoms with Gasteiger partial charge in [-0.25, -0.2) is 0 Å². The van der Waals surface area contributed by atoms with E-state index in [-0.39, 0.29) is 11.5 Å². The third-order valence-corrected chi connectivity index (χ3v) is 3.17. The number of carbonyl (C=O) groups excluding carboxylic acids is 2. The van der Waals surface area contributed by atoms with Crippen LogP contribution >= 0.6 is 0 Å². The molecule has 0 heterocycles. The van der Waals surface area contributed by atoms with Gasteiger partial charge in [0, 0.05) is 31.9 Å². The van der Waals surface area contributed by atoms with E-state index in [2.05, 4.69) is 16.0 Å². The molecule has 122 valence electrons. The summed E-state index contributed by atoms with van der Waals surface area (Å²) in [6, 6.07) is 5.82. The van der Waals surface area contributed by atoms with Crippen molar-refractivity contribution in [3.05, 3.63) is 40.6 Å². The Morgan fingerprint density at radius 1 is 1.17 bits per heavy atom. The van der Waals surface area contributed by atoms with E-state index in [1.165, 1.54) is 13.1 Å². The van der Waals surface area contributed by atoms with Gasteiger partial charge in [-0.3, -0.25) is 9.59 Å². The summed E-state index contributed by atoms with van der Waals surface area (Å²) in [6.45, 7) is 8.10. The highest BCUT2D eigenvalue weighted by Crippen LogP contribution is 2.22. The van der Waals surface area contributed by atoms with Crippen LogP contribution in [0, 0.1) is 32.1 Å². The van der Waals surface area contributed by atoms with Crippen molar-refractivity contribution in [3.63, 3.8) is 0 Å². The number of rotatable bonds is 6. The van der Waals surface area contributed by atoms with Crippen molar-refractivity contribution in [3.8, 4) is 6.07 Å². The fraction of sp³-hybridized carbons (Fsp3) is 0.353. The zero-order valence-corrected chi connectivity index (χ0v) is 13.9. The van der Waals surface area contributed by atoms with E-state index in [9.17, 15) is 9.59 Å². The SMILES string of the molecule is CC(=O)NCCN/C=C(/C#N)C(=O)Nc1c(C)cc(C)cc1C. The van der Waals surface area contributed by atoms with Crippen LogP contribution in [0.2, 0.25) is 0 Å². The highest BCUT2D eigenvalue weighted by atomic mass is 16.2. The predicted molar refractivity (Wildman–Crippen MR) is 89.7 cm³/mol. The smallest absolute Gasteiger partial charge is 0.267 e. The van der Waals surface area contributed by atoms with Crippen molar-refractivity contribution < 1.29 is 9.59 Å². The van der Waals surface area contributed by atoms with Gasteiger partial charge in [0.15, 0.2) is 0 Å². The number of nitrogens with one attached hydrogen (secondary N) is 3. The molecule has 1 aromatic rings. The largest absolute Gasteiger partial charge is 0.388 e. The normalized spacial score (nSPS) is 10.7. The molecule has 6 nitrogen and oxygen atoms in total. The summed E-state index contributed by atoms with van der Waals surface area (Å²) < 4.78 is 0. The zero-order valence-electron chi connectivity index (χ0n) is 13.9. The maximum absolute atomic E-state index is 12.2. The zero-order chi connectivity index (χ0) is 17.4. The number of carbonyl (C=O) groups is 2. The average molecular weight is 314 g/mol. The number of hydrogen-bond acceptors (Lipinski definition) is 4. The van der Waals surface area contributed by atoms with Crippen LogP contribution in [0.3, 0.4) is 0 Å². The van der Waals surface area contributed by atoms with E-state index in [1.54, 1.807) is 0 Å². The molecule has 0 atom stereocenters. The first-order valence-electron chi connectivity index (χ1n) is 7.32. The topological polar surface area (TPSA) is 94.0 Å². The van der Waals surface area contributed by atoms with E-state index in [1.807, 2.05) is 39.0 Å². The second kappa shape index (κ2) is 8.59. The molecule has 1 aromatic carbocycles. The Bertz CT molecular complexity index is 649. The first-order valence-corrected chi connectivity index (χ1v) is 7.32. The maximum Gasteiger partial charge on any atom is 0.267 e. The average Bonchev–Trinajstić information content (AvgIpc) is 2.46. The van der Waals surface area contributed by atoms with Crippen LogP contribution in [0.25, 0.3) is 0 Å². The Morgan fingerprint density at radius 3 is 2.30 bits per heavy atom. The predicted octanol–water partition coefficient (Wildman–Crippen LogP) is 1.68. The van der Waals surface area contributed by atoms with Gasteiger partial charge in [0.05, 0.1) is 0 Å². The number of nitrogens with zero attached hydrogens (tertiary/aromatic N) is 1.